The molecule has 0 amide bonds. The first-order valence-electron chi connectivity index (χ1n) is 4.75. The summed E-state index contributed by atoms with van der Waals surface area (Å²) in [4.78, 5) is 0. The molecule has 1 aromatic rings. The summed E-state index contributed by atoms with van der Waals surface area (Å²) in [6.07, 6.45) is 2.21. The summed E-state index contributed by atoms with van der Waals surface area (Å²) < 4.78 is 6.34. The van der Waals surface area contributed by atoms with E-state index in [0.717, 1.165) is 29.6 Å². The molecule has 78 valence electrons. The molecule has 0 atom stereocenters. The molecular weight excluding hydrogens is 242 g/mol. The highest BCUT2D eigenvalue weighted by Crippen LogP contribution is 2.23. The summed E-state index contributed by atoms with van der Waals surface area (Å²) in [7, 11) is 3.67. The Hall–Kier alpha value is -0.540. The maximum absolute atomic E-state index is 5.18. The van der Waals surface area contributed by atoms with Gasteiger partial charge in [-0.05, 0) is 50.2 Å². The molecule has 0 heterocycles. The topological polar surface area (TPSA) is 21.3 Å². The maximum atomic E-state index is 5.18. The summed E-state index contributed by atoms with van der Waals surface area (Å²) in [5.41, 5.74) is 1.31. The third-order valence-electron chi connectivity index (χ3n) is 2.13. The van der Waals surface area contributed by atoms with Crippen molar-refractivity contribution in [3.05, 3.63) is 28.2 Å². The number of aryl methyl sites for hydroxylation is 1. The first-order chi connectivity index (χ1) is 6.77. The molecule has 14 heavy (non-hydrogen) atoms. The van der Waals surface area contributed by atoms with E-state index in [4.69, 9.17) is 4.74 Å². The molecule has 0 bridgehead atoms. The molecule has 1 aromatic carbocycles. The van der Waals surface area contributed by atoms with Crippen molar-refractivity contribution < 1.29 is 4.74 Å². The minimum Gasteiger partial charge on any atom is -0.497 e. The van der Waals surface area contributed by atoms with Crippen LogP contribution >= 0.6 is 15.9 Å². The van der Waals surface area contributed by atoms with Crippen LogP contribution < -0.4 is 10.1 Å². The molecule has 0 radical (unpaired) electrons. The van der Waals surface area contributed by atoms with Crippen molar-refractivity contribution in [1.29, 1.82) is 0 Å². The van der Waals surface area contributed by atoms with E-state index in [1.165, 1.54) is 5.56 Å². The lowest BCUT2D eigenvalue weighted by atomic mass is 10.1. The molecule has 2 nitrogen and oxygen atoms in total. The lowest BCUT2D eigenvalue weighted by Gasteiger charge is -2.06. The summed E-state index contributed by atoms with van der Waals surface area (Å²) in [5, 5.41) is 3.14. The number of hydrogen-bond donors (Lipinski definition) is 1. The van der Waals surface area contributed by atoms with Crippen LogP contribution in [0.3, 0.4) is 0 Å². The van der Waals surface area contributed by atoms with Crippen LogP contribution in [0.15, 0.2) is 22.7 Å². The molecule has 0 aliphatic carbocycles. The van der Waals surface area contributed by atoms with Crippen LogP contribution in [0.2, 0.25) is 0 Å². The fraction of sp³-hybridized carbons (Fsp3) is 0.455. The smallest absolute Gasteiger partial charge is 0.119 e. The van der Waals surface area contributed by atoms with Crippen LogP contribution in [0.1, 0.15) is 12.0 Å². The van der Waals surface area contributed by atoms with Gasteiger partial charge in [-0.1, -0.05) is 15.9 Å². The highest BCUT2D eigenvalue weighted by atomic mass is 79.9. The molecule has 0 saturated carbocycles. The molecule has 3 heteroatoms. The van der Waals surface area contributed by atoms with E-state index in [0.29, 0.717) is 0 Å². The Balaban J connectivity index is 2.64. The number of methoxy groups -OCH3 is 1. The zero-order valence-corrected chi connectivity index (χ0v) is 10.2. The lowest BCUT2D eigenvalue weighted by Crippen LogP contribution is -2.08. The number of ether oxygens (including phenoxy) is 1. The molecule has 0 aromatic heterocycles. The zero-order chi connectivity index (χ0) is 10.4. The monoisotopic (exact) mass is 257 g/mol. The number of hydrogen-bond acceptors (Lipinski definition) is 2. The molecule has 0 saturated heterocycles. The first kappa shape index (κ1) is 11.5. The number of benzene rings is 1. The van der Waals surface area contributed by atoms with Gasteiger partial charge < -0.3 is 10.1 Å². The zero-order valence-electron chi connectivity index (χ0n) is 8.64. The fourth-order valence-corrected chi connectivity index (χ4v) is 1.77. The predicted molar refractivity (Wildman–Crippen MR) is 62.9 cm³/mol. The Morgan fingerprint density at radius 2 is 2.21 bits per heavy atom. The van der Waals surface area contributed by atoms with Crippen LogP contribution in [-0.2, 0) is 6.42 Å². The number of nitrogens with one attached hydrogen (secondary N) is 1. The third kappa shape index (κ3) is 3.31. The standard InChI is InChI=1S/C11H16BrNO/c1-13-7-3-4-9-8-10(14-2)5-6-11(9)12/h5-6,8,13H,3-4,7H2,1-2H3. The second-order valence-corrected chi connectivity index (χ2v) is 4.02. The molecule has 1 rings (SSSR count). The van der Waals surface area contributed by atoms with Gasteiger partial charge in [-0.25, -0.2) is 0 Å². The van der Waals surface area contributed by atoms with Gasteiger partial charge in [0.1, 0.15) is 5.75 Å². The largest absolute Gasteiger partial charge is 0.497 e. The van der Waals surface area contributed by atoms with E-state index in [9.17, 15) is 0 Å². The summed E-state index contributed by atoms with van der Waals surface area (Å²) >= 11 is 3.54. The van der Waals surface area contributed by atoms with Gasteiger partial charge >= 0.3 is 0 Å². The Kier molecular flexibility index (Phi) is 4.98. The summed E-state index contributed by atoms with van der Waals surface area (Å²) in [5.74, 6) is 0.924. The quantitative estimate of drug-likeness (QED) is 0.820. The average molecular weight is 258 g/mol. The van der Waals surface area contributed by atoms with Crippen molar-refractivity contribution in [2.45, 2.75) is 12.8 Å². The van der Waals surface area contributed by atoms with Crippen LogP contribution in [0, 0.1) is 0 Å². The second-order valence-electron chi connectivity index (χ2n) is 3.16. The van der Waals surface area contributed by atoms with Crippen molar-refractivity contribution in [3.8, 4) is 5.75 Å². The third-order valence-corrected chi connectivity index (χ3v) is 2.90. The van der Waals surface area contributed by atoms with Gasteiger partial charge in [0.25, 0.3) is 0 Å². The predicted octanol–water partition coefficient (Wildman–Crippen LogP) is 2.61. The van der Waals surface area contributed by atoms with E-state index in [-0.39, 0.29) is 0 Å². The second kappa shape index (κ2) is 6.04. The number of halogens is 1. The Morgan fingerprint density at radius 1 is 1.43 bits per heavy atom. The Bertz CT molecular complexity index is 289. The lowest BCUT2D eigenvalue weighted by molar-refractivity contribution is 0.414. The van der Waals surface area contributed by atoms with E-state index in [1.54, 1.807) is 7.11 Å². The Morgan fingerprint density at radius 3 is 2.86 bits per heavy atom. The normalized spacial score (nSPS) is 10.2. The fourth-order valence-electron chi connectivity index (χ4n) is 1.33. The van der Waals surface area contributed by atoms with Gasteiger partial charge in [-0.2, -0.15) is 0 Å². The van der Waals surface area contributed by atoms with Gasteiger partial charge in [-0.3, -0.25) is 0 Å². The van der Waals surface area contributed by atoms with Crippen LogP contribution in [0.5, 0.6) is 5.75 Å². The van der Waals surface area contributed by atoms with Gasteiger partial charge in [0.2, 0.25) is 0 Å². The molecule has 0 fully saturated rings. The van der Waals surface area contributed by atoms with E-state index in [2.05, 4.69) is 27.3 Å². The highest BCUT2D eigenvalue weighted by molar-refractivity contribution is 9.10. The SMILES string of the molecule is CNCCCc1cc(OC)ccc1Br. The van der Waals surface area contributed by atoms with Crippen molar-refractivity contribution in [1.82, 2.24) is 5.32 Å². The first-order valence-corrected chi connectivity index (χ1v) is 5.54. The molecule has 0 aliphatic rings. The molecule has 1 N–H and O–H groups in total. The van der Waals surface area contributed by atoms with Crippen LogP contribution in [0.25, 0.3) is 0 Å². The molecule has 0 unspecified atom stereocenters. The van der Waals surface area contributed by atoms with Crippen molar-refractivity contribution in [2.24, 2.45) is 0 Å². The van der Waals surface area contributed by atoms with Crippen LogP contribution in [0.4, 0.5) is 0 Å². The van der Waals surface area contributed by atoms with E-state index < -0.39 is 0 Å². The summed E-state index contributed by atoms with van der Waals surface area (Å²) in [6, 6.07) is 6.08. The van der Waals surface area contributed by atoms with Gasteiger partial charge in [0.15, 0.2) is 0 Å². The van der Waals surface area contributed by atoms with E-state index in [1.807, 2.05) is 19.2 Å². The van der Waals surface area contributed by atoms with E-state index >= 15 is 0 Å². The summed E-state index contributed by atoms with van der Waals surface area (Å²) in [6.45, 7) is 1.05. The van der Waals surface area contributed by atoms with Crippen molar-refractivity contribution >= 4 is 15.9 Å². The van der Waals surface area contributed by atoms with Gasteiger partial charge in [0.05, 0.1) is 7.11 Å². The van der Waals surface area contributed by atoms with Gasteiger partial charge in [0, 0.05) is 4.47 Å². The highest BCUT2D eigenvalue weighted by Gasteiger charge is 2.01. The van der Waals surface area contributed by atoms with Crippen LogP contribution in [-0.4, -0.2) is 20.7 Å². The van der Waals surface area contributed by atoms with Crippen molar-refractivity contribution in [3.63, 3.8) is 0 Å². The molecule has 0 spiro atoms. The molecule has 0 aliphatic heterocycles. The maximum Gasteiger partial charge on any atom is 0.119 e. The average Bonchev–Trinajstić information content (AvgIpc) is 2.21. The minimum atomic E-state index is 0.924. The molecular formula is C11H16BrNO. The van der Waals surface area contributed by atoms with Gasteiger partial charge in [-0.15, -0.1) is 0 Å². The minimum absolute atomic E-state index is 0.924. The number of rotatable bonds is 5. The Labute approximate surface area is 93.8 Å². The van der Waals surface area contributed by atoms with Crippen molar-refractivity contribution in [2.75, 3.05) is 20.7 Å².